The number of nitrogens with zero attached hydrogens (tertiary/aromatic N) is 1. The van der Waals surface area contributed by atoms with E-state index in [9.17, 15) is 19.5 Å². The van der Waals surface area contributed by atoms with Crippen LogP contribution in [0.3, 0.4) is 0 Å². The van der Waals surface area contributed by atoms with E-state index in [4.69, 9.17) is 18.9 Å². The molecule has 0 heterocycles. The van der Waals surface area contributed by atoms with E-state index in [2.05, 4.69) is 160 Å². The van der Waals surface area contributed by atoms with Crippen LogP contribution >= 0.6 is 0 Å². The summed E-state index contributed by atoms with van der Waals surface area (Å²) in [4.78, 5) is 37.3. The highest BCUT2D eigenvalue weighted by Gasteiger charge is 2.22. The molecule has 0 amide bonds. The number of carbonyl (C=O) groups excluding carboxylic acids is 3. The minimum atomic E-state index is -1.64. The van der Waals surface area contributed by atoms with Gasteiger partial charge in [0.15, 0.2) is 12.4 Å². The Morgan fingerprint density at radius 3 is 1.07 bits per heavy atom. The zero-order valence-corrected chi connectivity index (χ0v) is 47.9. The second-order valence-corrected chi connectivity index (χ2v) is 19.8. The topological polar surface area (TPSA) is 111 Å². The van der Waals surface area contributed by atoms with Gasteiger partial charge in [-0.25, -0.2) is 0 Å². The van der Waals surface area contributed by atoms with Gasteiger partial charge in [-0.2, -0.15) is 0 Å². The molecule has 9 nitrogen and oxygen atoms in total. The standard InChI is InChI=1S/C66H105NO8/c1-6-8-10-12-14-16-18-20-22-24-25-26-27-28-29-30-31-32-33-34-35-36-37-38-39-41-43-45-47-49-51-53-55-57-64(69)75-62(61-74-66(65(70)71)72-59-58-67(3,4)5)60-73-63(68)56-54-52-50-48-46-44-42-40-23-21-19-17-15-13-11-9-7-2/h8-11,14-17,20-23,25-26,28-29,31-32,34-35,37-38,41,43,62,66H,6-7,12-13,18-19,24,27,30,33,36,39-40,42,44-61H2,1-5H3/b10-8-,11-9-,16-14-,17-15-,22-20-,23-21-,26-25-,29-28-,32-31-,35-34-,38-37-,43-41-. The molecule has 0 radical (unpaired) electrons. The maximum absolute atomic E-state index is 12.9. The van der Waals surface area contributed by atoms with Crippen LogP contribution in [0.25, 0.3) is 0 Å². The highest BCUT2D eigenvalue weighted by Crippen LogP contribution is 2.13. The average molecular weight is 1040 g/mol. The lowest BCUT2D eigenvalue weighted by Crippen LogP contribution is -2.44. The predicted octanol–water partition coefficient (Wildman–Crippen LogP) is 15.9. The summed E-state index contributed by atoms with van der Waals surface area (Å²) in [6.45, 7) is 4.46. The number of carboxylic acids is 1. The molecule has 0 aliphatic heterocycles. The number of likely N-dealkylation sites (N-methyl/N-ethyl adjacent to an activating group) is 1. The second kappa shape index (κ2) is 55.4. The van der Waals surface area contributed by atoms with Crippen LogP contribution in [0.15, 0.2) is 146 Å². The minimum absolute atomic E-state index is 0.133. The molecule has 2 atom stereocenters. The van der Waals surface area contributed by atoms with Crippen molar-refractivity contribution in [2.45, 2.75) is 206 Å². The highest BCUT2D eigenvalue weighted by molar-refractivity contribution is 5.70. The molecule has 0 aromatic heterocycles. The molecule has 9 heteroatoms. The molecule has 2 unspecified atom stereocenters. The van der Waals surface area contributed by atoms with E-state index in [-0.39, 0.29) is 38.6 Å². The van der Waals surface area contributed by atoms with Gasteiger partial charge in [0.1, 0.15) is 13.2 Å². The highest BCUT2D eigenvalue weighted by atomic mass is 16.7. The lowest BCUT2D eigenvalue weighted by Gasteiger charge is -2.26. The van der Waals surface area contributed by atoms with E-state index >= 15 is 0 Å². The molecule has 0 fully saturated rings. The maximum atomic E-state index is 12.9. The van der Waals surface area contributed by atoms with Gasteiger partial charge in [0.25, 0.3) is 0 Å². The number of rotatable bonds is 51. The lowest BCUT2D eigenvalue weighted by atomic mass is 10.1. The molecule has 0 N–H and O–H groups in total. The number of carbonyl (C=O) groups is 3. The van der Waals surface area contributed by atoms with Crippen molar-refractivity contribution in [3.8, 4) is 0 Å². The summed E-state index contributed by atoms with van der Waals surface area (Å²) in [5, 5.41) is 11.8. The molecule has 0 aliphatic rings. The normalized spacial score (nSPS) is 13.9. The SMILES string of the molecule is CC/C=C\C/C=C\C/C=C\C/C=C\C/C=C\C/C=C\C/C=C\C/C=C\C/C=C\CCCCCCCC(=O)OC(COC(=O)CCCCCCCCC/C=C\C/C=C\C/C=C\CC)COC(OCC[N+](C)(C)C)C(=O)[O-]. The quantitative estimate of drug-likeness (QED) is 0.0195. The van der Waals surface area contributed by atoms with Gasteiger partial charge >= 0.3 is 11.9 Å². The Kier molecular flexibility index (Phi) is 51.8. The maximum Gasteiger partial charge on any atom is 0.306 e. The fourth-order valence-electron chi connectivity index (χ4n) is 7.19. The number of hydrogen-bond acceptors (Lipinski definition) is 8. The van der Waals surface area contributed by atoms with Crippen LogP contribution in [0.4, 0.5) is 0 Å². The Bertz CT molecular complexity index is 1730. The first-order valence-electron chi connectivity index (χ1n) is 29.0. The molecule has 0 spiro atoms. The number of carboxylic acid groups (broad SMARTS) is 1. The zero-order chi connectivity index (χ0) is 54.8. The number of ether oxygens (including phenoxy) is 4. The van der Waals surface area contributed by atoms with Crippen molar-refractivity contribution in [3.63, 3.8) is 0 Å². The van der Waals surface area contributed by atoms with Crippen LogP contribution < -0.4 is 5.11 Å². The summed E-state index contributed by atoms with van der Waals surface area (Å²) in [5.74, 6) is -2.34. The van der Waals surface area contributed by atoms with Crippen molar-refractivity contribution >= 4 is 17.9 Å². The average Bonchev–Trinajstić information content (AvgIpc) is 3.38. The van der Waals surface area contributed by atoms with Crippen molar-refractivity contribution in [1.29, 1.82) is 0 Å². The summed E-state index contributed by atoms with van der Waals surface area (Å²) in [5.41, 5.74) is 0. The van der Waals surface area contributed by atoms with Crippen LogP contribution in [0.5, 0.6) is 0 Å². The number of quaternary nitrogens is 1. The first-order valence-corrected chi connectivity index (χ1v) is 29.0. The number of unbranched alkanes of at least 4 members (excludes halogenated alkanes) is 12. The van der Waals surface area contributed by atoms with Gasteiger partial charge in [-0.05, 0) is 116 Å². The van der Waals surface area contributed by atoms with Crippen LogP contribution in [0.1, 0.15) is 194 Å². The Labute approximate surface area is 458 Å². The molecule has 0 aromatic rings. The largest absolute Gasteiger partial charge is 0.545 e. The molecule has 75 heavy (non-hydrogen) atoms. The van der Waals surface area contributed by atoms with Crippen molar-refractivity contribution in [3.05, 3.63) is 146 Å². The third kappa shape index (κ3) is 56.7. The van der Waals surface area contributed by atoms with Gasteiger partial charge in [-0.15, -0.1) is 0 Å². The zero-order valence-electron chi connectivity index (χ0n) is 47.9. The van der Waals surface area contributed by atoms with E-state index in [1.165, 1.54) is 19.3 Å². The van der Waals surface area contributed by atoms with E-state index in [0.717, 1.165) is 141 Å². The Hall–Kier alpha value is -4.83. The van der Waals surface area contributed by atoms with Crippen LogP contribution in [-0.4, -0.2) is 82.3 Å². The first kappa shape index (κ1) is 70.2. The van der Waals surface area contributed by atoms with Crippen molar-refractivity contribution in [1.82, 2.24) is 0 Å². The Morgan fingerprint density at radius 2 is 0.720 bits per heavy atom. The third-order valence-corrected chi connectivity index (χ3v) is 11.6. The Morgan fingerprint density at radius 1 is 0.400 bits per heavy atom. The van der Waals surface area contributed by atoms with Crippen LogP contribution in [0, 0.1) is 0 Å². The Balaban J connectivity index is 4.33. The van der Waals surface area contributed by atoms with E-state index in [1.807, 2.05) is 21.1 Å². The molecule has 0 rings (SSSR count). The van der Waals surface area contributed by atoms with E-state index < -0.39 is 24.3 Å². The van der Waals surface area contributed by atoms with Gasteiger partial charge in [-0.3, -0.25) is 9.59 Å². The van der Waals surface area contributed by atoms with Crippen molar-refractivity contribution in [2.24, 2.45) is 0 Å². The van der Waals surface area contributed by atoms with Gasteiger partial charge in [0, 0.05) is 12.8 Å². The third-order valence-electron chi connectivity index (χ3n) is 11.6. The fraction of sp³-hybridized carbons (Fsp3) is 0.591. The smallest absolute Gasteiger partial charge is 0.306 e. The minimum Gasteiger partial charge on any atom is -0.545 e. The molecule has 0 aromatic carbocycles. The molecule has 0 saturated carbocycles. The van der Waals surface area contributed by atoms with Gasteiger partial charge in [0.2, 0.25) is 0 Å². The molecule has 0 aliphatic carbocycles. The van der Waals surface area contributed by atoms with Crippen LogP contribution in [0.2, 0.25) is 0 Å². The fourth-order valence-corrected chi connectivity index (χ4v) is 7.19. The lowest BCUT2D eigenvalue weighted by molar-refractivity contribution is -0.870. The first-order chi connectivity index (χ1) is 36.6. The van der Waals surface area contributed by atoms with Crippen LogP contribution in [-0.2, 0) is 33.3 Å². The van der Waals surface area contributed by atoms with Crippen molar-refractivity contribution < 1.29 is 42.9 Å². The summed E-state index contributed by atoms with van der Waals surface area (Å²) in [6.07, 6.45) is 77.5. The molecular weight excluding hydrogens is 935 g/mol. The summed E-state index contributed by atoms with van der Waals surface area (Å²) >= 11 is 0. The van der Waals surface area contributed by atoms with Gasteiger partial charge < -0.3 is 33.3 Å². The van der Waals surface area contributed by atoms with E-state index in [0.29, 0.717) is 17.4 Å². The number of aliphatic carboxylic acids is 1. The number of allylic oxidation sites excluding steroid dienone is 24. The molecule has 0 saturated heterocycles. The van der Waals surface area contributed by atoms with E-state index in [1.54, 1.807) is 0 Å². The number of esters is 2. The summed E-state index contributed by atoms with van der Waals surface area (Å²) in [7, 11) is 5.89. The summed E-state index contributed by atoms with van der Waals surface area (Å²) in [6, 6.07) is 0. The van der Waals surface area contributed by atoms with Crippen molar-refractivity contribution in [2.75, 3.05) is 47.5 Å². The second-order valence-electron chi connectivity index (χ2n) is 19.8. The molecular formula is C66H105NO8. The predicted molar refractivity (Wildman–Crippen MR) is 315 cm³/mol. The van der Waals surface area contributed by atoms with Gasteiger partial charge in [-0.1, -0.05) is 211 Å². The molecule has 0 bridgehead atoms. The monoisotopic (exact) mass is 1040 g/mol. The summed E-state index contributed by atoms with van der Waals surface area (Å²) < 4.78 is 22.6. The molecule has 422 valence electrons. The van der Waals surface area contributed by atoms with Gasteiger partial charge in [0.05, 0.1) is 40.3 Å². The number of hydrogen-bond donors (Lipinski definition) is 0.